The lowest BCUT2D eigenvalue weighted by Gasteiger charge is -2.06. The highest BCUT2D eigenvalue weighted by molar-refractivity contribution is 6.00. The van der Waals surface area contributed by atoms with Gasteiger partial charge in [0.2, 0.25) is 0 Å². The molecule has 4 aromatic heterocycles. The molecule has 0 fully saturated rings. The summed E-state index contributed by atoms with van der Waals surface area (Å²) < 4.78 is 0. The molecule has 1 aromatic carbocycles. The Balaban J connectivity index is 1.43. The first-order valence-electron chi connectivity index (χ1n) is 11.3. The van der Waals surface area contributed by atoms with E-state index in [1.165, 1.54) is 16.7 Å². The molecule has 1 aliphatic rings. The van der Waals surface area contributed by atoms with E-state index in [0.29, 0.717) is 0 Å². The van der Waals surface area contributed by atoms with Crippen molar-refractivity contribution in [2.24, 2.45) is 0 Å². The number of nitrogens with one attached hydrogen (secondary N) is 3. The summed E-state index contributed by atoms with van der Waals surface area (Å²) in [7, 11) is 0. The third kappa shape index (κ3) is 3.54. The molecule has 6 rings (SSSR count). The Hall–Kier alpha value is -4.03. The molecule has 0 bridgehead atoms. The van der Waals surface area contributed by atoms with Gasteiger partial charge >= 0.3 is 0 Å². The van der Waals surface area contributed by atoms with Gasteiger partial charge in [0, 0.05) is 41.5 Å². The largest absolute Gasteiger partial charge is 0.338 e. The molecule has 0 aliphatic heterocycles. The van der Waals surface area contributed by atoms with Crippen molar-refractivity contribution in [2.45, 2.75) is 19.9 Å². The van der Waals surface area contributed by atoms with Crippen LogP contribution in [0.5, 0.6) is 0 Å². The Kier molecular flexibility index (Phi) is 4.85. The molecule has 0 saturated heterocycles. The Morgan fingerprint density at radius 2 is 2.00 bits per heavy atom. The van der Waals surface area contributed by atoms with E-state index >= 15 is 0 Å². The van der Waals surface area contributed by atoms with Gasteiger partial charge in [0.1, 0.15) is 11.3 Å². The summed E-state index contributed by atoms with van der Waals surface area (Å²) >= 11 is 0. The van der Waals surface area contributed by atoms with Gasteiger partial charge in [-0.25, -0.2) is 4.98 Å². The average molecular weight is 433 g/mol. The predicted molar refractivity (Wildman–Crippen MR) is 134 cm³/mol. The van der Waals surface area contributed by atoms with Crippen molar-refractivity contribution in [3.05, 3.63) is 84.3 Å². The number of rotatable bonds is 6. The number of hydrogen-bond donors (Lipinski definition) is 3. The number of hydrogen-bond acceptors (Lipinski definition) is 4. The quantitative estimate of drug-likeness (QED) is 0.325. The first kappa shape index (κ1) is 19.6. The van der Waals surface area contributed by atoms with Crippen LogP contribution in [0.15, 0.2) is 73.2 Å². The molecule has 0 amide bonds. The fourth-order valence-corrected chi connectivity index (χ4v) is 4.47. The standard InChI is InChI=1S/C27H24N6/c1-2-28-14-17-11-20(16-29-15-17)19-7-8-24-23(12-19)26(33-32-24)25-13-22-21(18-5-3-4-6-18)9-10-30-27(22)31-25/h3,5-13,15-16,28H,2,4,14H2,1H3,(H,30,31)(H,32,33). The Morgan fingerprint density at radius 1 is 1.03 bits per heavy atom. The predicted octanol–water partition coefficient (Wildman–Crippen LogP) is 5.62. The molecule has 0 unspecified atom stereocenters. The van der Waals surface area contributed by atoms with E-state index in [9.17, 15) is 0 Å². The lowest BCUT2D eigenvalue weighted by molar-refractivity contribution is 0.724. The molecule has 33 heavy (non-hydrogen) atoms. The van der Waals surface area contributed by atoms with Crippen LogP contribution in [0.4, 0.5) is 0 Å². The summed E-state index contributed by atoms with van der Waals surface area (Å²) in [6, 6.07) is 12.8. The lowest BCUT2D eigenvalue weighted by Crippen LogP contribution is -2.11. The fraction of sp³-hybridized carbons (Fsp3) is 0.148. The van der Waals surface area contributed by atoms with Crippen LogP contribution in [0, 0.1) is 0 Å². The molecule has 4 heterocycles. The highest BCUT2D eigenvalue weighted by Crippen LogP contribution is 2.34. The van der Waals surface area contributed by atoms with Gasteiger partial charge < -0.3 is 10.3 Å². The maximum Gasteiger partial charge on any atom is 0.138 e. The van der Waals surface area contributed by atoms with Crippen LogP contribution in [0.2, 0.25) is 0 Å². The molecule has 0 saturated carbocycles. The van der Waals surface area contributed by atoms with Gasteiger partial charge in [-0.05, 0) is 65.6 Å². The number of aromatic amines is 2. The number of H-pyrrole nitrogens is 2. The minimum Gasteiger partial charge on any atom is -0.338 e. The second kappa shape index (κ2) is 8.15. The van der Waals surface area contributed by atoms with Crippen LogP contribution in [0.1, 0.15) is 24.5 Å². The minimum atomic E-state index is 0.812. The maximum absolute atomic E-state index is 4.64. The van der Waals surface area contributed by atoms with Gasteiger partial charge in [0.25, 0.3) is 0 Å². The molecule has 1 aliphatic carbocycles. The third-order valence-corrected chi connectivity index (χ3v) is 6.14. The SMILES string of the molecule is CCNCc1cncc(-c2ccc3[nH]nc(-c4cc5c(C6=CCC=C6)ccnc5[nH]4)c3c2)c1. The van der Waals surface area contributed by atoms with Gasteiger partial charge in [-0.1, -0.05) is 31.2 Å². The first-order chi connectivity index (χ1) is 16.3. The molecular formula is C27H24N6. The Bertz CT molecular complexity index is 1540. The van der Waals surface area contributed by atoms with Crippen LogP contribution in [-0.2, 0) is 6.54 Å². The normalized spacial score (nSPS) is 13.3. The molecule has 6 nitrogen and oxygen atoms in total. The van der Waals surface area contributed by atoms with Gasteiger partial charge in [-0.2, -0.15) is 5.10 Å². The monoisotopic (exact) mass is 432 g/mol. The van der Waals surface area contributed by atoms with Crippen molar-refractivity contribution < 1.29 is 0 Å². The zero-order chi connectivity index (χ0) is 22.2. The van der Waals surface area contributed by atoms with Crippen molar-refractivity contribution in [1.82, 2.24) is 30.5 Å². The van der Waals surface area contributed by atoms with Crippen molar-refractivity contribution >= 4 is 27.5 Å². The van der Waals surface area contributed by atoms with Crippen LogP contribution in [-0.4, -0.2) is 31.7 Å². The fourth-order valence-electron chi connectivity index (χ4n) is 4.47. The molecule has 5 aromatic rings. The number of fused-ring (bicyclic) bond motifs is 2. The van der Waals surface area contributed by atoms with E-state index in [2.05, 4.69) is 92.0 Å². The zero-order valence-electron chi connectivity index (χ0n) is 18.4. The Morgan fingerprint density at radius 3 is 2.88 bits per heavy atom. The van der Waals surface area contributed by atoms with Crippen molar-refractivity contribution in [3.8, 4) is 22.5 Å². The molecular weight excluding hydrogens is 408 g/mol. The molecule has 6 heteroatoms. The van der Waals surface area contributed by atoms with Gasteiger partial charge in [0.15, 0.2) is 0 Å². The summed E-state index contributed by atoms with van der Waals surface area (Å²) in [6.45, 7) is 3.85. The molecule has 0 spiro atoms. The zero-order valence-corrected chi connectivity index (χ0v) is 18.4. The van der Waals surface area contributed by atoms with Crippen molar-refractivity contribution in [3.63, 3.8) is 0 Å². The summed E-state index contributed by atoms with van der Waals surface area (Å²) in [5.74, 6) is 0. The minimum absolute atomic E-state index is 0.812. The summed E-state index contributed by atoms with van der Waals surface area (Å²) in [5.41, 5.74) is 9.54. The number of nitrogens with zero attached hydrogens (tertiary/aromatic N) is 3. The number of allylic oxidation sites excluding steroid dienone is 4. The van der Waals surface area contributed by atoms with E-state index in [-0.39, 0.29) is 0 Å². The first-order valence-corrected chi connectivity index (χ1v) is 11.3. The second-order valence-electron chi connectivity index (χ2n) is 8.30. The topological polar surface area (TPSA) is 82.3 Å². The summed E-state index contributed by atoms with van der Waals surface area (Å²) in [4.78, 5) is 12.5. The lowest BCUT2D eigenvalue weighted by atomic mass is 10.0. The van der Waals surface area contributed by atoms with E-state index in [4.69, 9.17) is 0 Å². The molecule has 0 radical (unpaired) electrons. The Labute approximate surface area is 191 Å². The maximum atomic E-state index is 4.64. The summed E-state index contributed by atoms with van der Waals surface area (Å²) in [6.07, 6.45) is 13.3. The smallest absolute Gasteiger partial charge is 0.138 e. The number of benzene rings is 1. The van der Waals surface area contributed by atoms with Crippen molar-refractivity contribution in [2.75, 3.05) is 6.54 Å². The summed E-state index contributed by atoms with van der Waals surface area (Å²) in [5, 5.41) is 13.4. The highest BCUT2D eigenvalue weighted by atomic mass is 15.1. The van der Waals surface area contributed by atoms with E-state index in [1.54, 1.807) is 0 Å². The van der Waals surface area contributed by atoms with Crippen LogP contribution in [0.3, 0.4) is 0 Å². The van der Waals surface area contributed by atoms with E-state index < -0.39 is 0 Å². The average Bonchev–Trinajstić information content (AvgIpc) is 3.61. The van der Waals surface area contributed by atoms with Crippen molar-refractivity contribution in [1.29, 1.82) is 0 Å². The molecule has 3 N–H and O–H groups in total. The van der Waals surface area contributed by atoms with E-state index in [1.807, 2.05) is 18.6 Å². The van der Waals surface area contributed by atoms with Crippen LogP contribution < -0.4 is 5.32 Å². The van der Waals surface area contributed by atoms with Gasteiger partial charge in [-0.3, -0.25) is 10.1 Å². The molecule has 162 valence electrons. The number of pyridine rings is 2. The van der Waals surface area contributed by atoms with Crippen LogP contribution >= 0.6 is 0 Å². The van der Waals surface area contributed by atoms with E-state index in [0.717, 1.165) is 64.0 Å². The highest BCUT2D eigenvalue weighted by Gasteiger charge is 2.15. The third-order valence-electron chi connectivity index (χ3n) is 6.14. The number of aromatic nitrogens is 5. The van der Waals surface area contributed by atoms with Gasteiger partial charge in [-0.15, -0.1) is 0 Å². The van der Waals surface area contributed by atoms with Crippen LogP contribution in [0.25, 0.3) is 50.0 Å². The van der Waals surface area contributed by atoms with Gasteiger partial charge in [0.05, 0.1) is 11.2 Å². The molecule has 0 atom stereocenters. The second-order valence-corrected chi connectivity index (χ2v) is 8.30.